The third-order valence-electron chi connectivity index (χ3n) is 2.63. The zero-order valence-electron chi connectivity index (χ0n) is 11.9. The topological polar surface area (TPSA) is 96.7 Å². The van der Waals surface area contributed by atoms with E-state index in [-0.39, 0.29) is 6.03 Å². The van der Waals surface area contributed by atoms with Crippen molar-refractivity contribution in [1.29, 1.82) is 0 Å². The zero-order chi connectivity index (χ0) is 15.1. The fourth-order valence-electron chi connectivity index (χ4n) is 1.53. The Hall–Kier alpha value is -2.44. The number of esters is 1. The third kappa shape index (κ3) is 4.04. The Morgan fingerprint density at radius 1 is 1.30 bits per heavy atom. The lowest BCUT2D eigenvalue weighted by atomic mass is 10.1. The monoisotopic (exact) mass is 280 g/mol. The van der Waals surface area contributed by atoms with Crippen molar-refractivity contribution in [3.05, 3.63) is 23.8 Å². The van der Waals surface area contributed by atoms with Gasteiger partial charge in [0.25, 0.3) is 0 Å². The molecule has 0 saturated carbocycles. The van der Waals surface area contributed by atoms with E-state index in [1.165, 1.54) is 12.0 Å². The Kier molecular flexibility index (Phi) is 5.64. The van der Waals surface area contributed by atoms with Crippen LogP contribution in [-0.4, -0.2) is 51.2 Å². The van der Waals surface area contributed by atoms with E-state index in [1.807, 2.05) is 0 Å². The first-order chi connectivity index (χ1) is 9.47. The Balaban J connectivity index is 2.57. The predicted molar refractivity (Wildman–Crippen MR) is 77.8 cm³/mol. The molecule has 4 N–H and O–H groups in total. The average Bonchev–Trinajstić information content (AvgIpc) is 2.43. The minimum Gasteiger partial charge on any atom is -0.465 e. The highest BCUT2D eigenvalue weighted by Gasteiger charge is 2.12. The number of amides is 2. The number of urea groups is 1. The number of methoxy groups -OCH3 is 1. The predicted octanol–water partition coefficient (Wildman–Crippen LogP) is 0.738. The van der Waals surface area contributed by atoms with Gasteiger partial charge in [-0.2, -0.15) is 0 Å². The summed E-state index contributed by atoms with van der Waals surface area (Å²) in [4.78, 5) is 24.2. The second kappa shape index (κ2) is 7.22. The van der Waals surface area contributed by atoms with Crippen LogP contribution in [0.3, 0.4) is 0 Å². The van der Waals surface area contributed by atoms with Crippen molar-refractivity contribution >= 4 is 23.4 Å². The first-order valence-electron chi connectivity index (χ1n) is 6.13. The smallest absolute Gasteiger partial charge is 0.340 e. The van der Waals surface area contributed by atoms with Crippen LogP contribution >= 0.6 is 0 Å². The number of nitrogen functional groups attached to an aromatic ring is 1. The molecule has 0 spiro atoms. The summed E-state index contributed by atoms with van der Waals surface area (Å²) in [5.74, 6) is -0.480. The SMILES string of the molecule is COC(=O)c1cccc(NCCNC(=O)N(C)C)c1N. The van der Waals surface area contributed by atoms with Gasteiger partial charge in [-0.05, 0) is 12.1 Å². The lowest BCUT2D eigenvalue weighted by Crippen LogP contribution is -2.37. The van der Waals surface area contributed by atoms with Crippen molar-refractivity contribution in [2.24, 2.45) is 0 Å². The quantitative estimate of drug-likeness (QED) is 0.420. The summed E-state index contributed by atoms with van der Waals surface area (Å²) in [5.41, 5.74) is 7.17. The van der Waals surface area contributed by atoms with Crippen molar-refractivity contribution in [3.63, 3.8) is 0 Å². The second-order valence-corrected chi connectivity index (χ2v) is 4.31. The molecule has 2 amide bonds. The van der Waals surface area contributed by atoms with E-state index in [9.17, 15) is 9.59 Å². The zero-order valence-corrected chi connectivity index (χ0v) is 11.9. The molecule has 7 nitrogen and oxygen atoms in total. The normalized spacial score (nSPS) is 9.75. The molecule has 1 rings (SSSR count). The van der Waals surface area contributed by atoms with Gasteiger partial charge < -0.3 is 26.0 Å². The number of benzene rings is 1. The number of nitrogens with one attached hydrogen (secondary N) is 2. The molecule has 7 heteroatoms. The van der Waals surface area contributed by atoms with Gasteiger partial charge in [0.15, 0.2) is 0 Å². The third-order valence-corrected chi connectivity index (χ3v) is 2.63. The van der Waals surface area contributed by atoms with Crippen LogP contribution in [-0.2, 0) is 4.74 Å². The minimum atomic E-state index is -0.480. The molecule has 1 aromatic carbocycles. The molecular formula is C13H20N4O3. The van der Waals surface area contributed by atoms with E-state index in [0.717, 1.165) is 0 Å². The van der Waals surface area contributed by atoms with Gasteiger partial charge in [0.1, 0.15) is 0 Å². The fraction of sp³-hybridized carbons (Fsp3) is 0.385. The molecule has 0 radical (unpaired) electrons. The summed E-state index contributed by atoms with van der Waals surface area (Å²) in [5, 5.41) is 5.77. The maximum atomic E-state index is 11.5. The van der Waals surface area contributed by atoms with Crippen LogP contribution in [0.25, 0.3) is 0 Å². The van der Waals surface area contributed by atoms with Crippen LogP contribution in [0, 0.1) is 0 Å². The number of para-hydroxylation sites is 1. The highest BCUT2D eigenvalue weighted by Crippen LogP contribution is 2.22. The number of rotatable bonds is 5. The van der Waals surface area contributed by atoms with Gasteiger partial charge in [-0.15, -0.1) is 0 Å². The van der Waals surface area contributed by atoms with Crippen molar-refractivity contribution in [3.8, 4) is 0 Å². The van der Waals surface area contributed by atoms with Gasteiger partial charge in [0, 0.05) is 27.2 Å². The summed E-state index contributed by atoms with van der Waals surface area (Å²) in [6.45, 7) is 0.938. The van der Waals surface area contributed by atoms with Crippen LogP contribution in [0.15, 0.2) is 18.2 Å². The number of nitrogens with two attached hydrogens (primary N) is 1. The summed E-state index contributed by atoms with van der Waals surface area (Å²) in [6, 6.07) is 4.90. The maximum Gasteiger partial charge on any atom is 0.340 e. The van der Waals surface area contributed by atoms with E-state index in [4.69, 9.17) is 5.73 Å². The molecule has 0 atom stereocenters. The van der Waals surface area contributed by atoms with Crippen LogP contribution in [0.5, 0.6) is 0 Å². The Labute approximate surface area is 118 Å². The summed E-state index contributed by atoms with van der Waals surface area (Å²) >= 11 is 0. The summed E-state index contributed by atoms with van der Waals surface area (Å²) in [7, 11) is 4.64. The molecule has 0 fully saturated rings. The van der Waals surface area contributed by atoms with Crippen molar-refractivity contribution in [1.82, 2.24) is 10.2 Å². The van der Waals surface area contributed by atoms with Crippen molar-refractivity contribution in [2.75, 3.05) is 45.3 Å². The molecule has 0 unspecified atom stereocenters. The number of carbonyl (C=O) groups is 2. The number of anilines is 2. The minimum absolute atomic E-state index is 0.164. The largest absolute Gasteiger partial charge is 0.465 e. The van der Waals surface area contributed by atoms with Gasteiger partial charge in [-0.3, -0.25) is 0 Å². The summed E-state index contributed by atoms with van der Waals surface area (Å²) < 4.78 is 4.65. The molecule has 0 heterocycles. The second-order valence-electron chi connectivity index (χ2n) is 4.31. The van der Waals surface area contributed by atoms with Crippen LogP contribution in [0.1, 0.15) is 10.4 Å². The van der Waals surface area contributed by atoms with E-state index < -0.39 is 5.97 Å². The number of ether oxygens (including phenoxy) is 1. The molecule has 0 bridgehead atoms. The number of carbonyl (C=O) groups excluding carboxylic acids is 2. The van der Waals surface area contributed by atoms with Crippen LogP contribution < -0.4 is 16.4 Å². The molecule has 0 aliphatic carbocycles. The Bertz CT molecular complexity index is 489. The number of hydrogen-bond acceptors (Lipinski definition) is 5. The molecule has 110 valence electrons. The fourth-order valence-corrected chi connectivity index (χ4v) is 1.53. The van der Waals surface area contributed by atoms with E-state index in [1.54, 1.807) is 32.3 Å². The lowest BCUT2D eigenvalue weighted by molar-refractivity contribution is 0.0602. The molecule has 0 aliphatic rings. The van der Waals surface area contributed by atoms with Crippen molar-refractivity contribution in [2.45, 2.75) is 0 Å². The van der Waals surface area contributed by atoms with E-state index in [2.05, 4.69) is 15.4 Å². The maximum absolute atomic E-state index is 11.5. The van der Waals surface area contributed by atoms with Crippen molar-refractivity contribution < 1.29 is 14.3 Å². The van der Waals surface area contributed by atoms with Gasteiger partial charge in [0.05, 0.1) is 24.0 Å². The number of nitrogens with zero attached hydrogens (tertiary/aromatic N) is 1. The van der Waals surface area contributed by atoms with Gasteiger partial charge >= 0.3 is 12.0 Å². The van der Waals surface area contributed by atoms with Crippen LogP contribution in [0.2, 0.25) is 0 Å². The van der Waals surface area contributed by atoms with Gasteiger partial charge in [0.2, 0.25) is 0 Å². The molecule has 0 aromatic heterocycles. The summed E-state index contributed by atoms with van der Waals surface area (Å²) in [6.07, 6.45) is 0. The highest BCUT2D eigenvalue weighted by atomic mass is 16.5. The van der Waals surface area contributed by atoms with E-state index >= 15 is 0 Å². The molecule has 0 saturated heterocycles. The lowest BCUT2D eigenvalue weighted by Gasteiger charge is -2.14. The molecule has 0 aliphatic heterocycles. The number of hydrogen-bond donors (Lipinski definition) is 3. The molecule has 1 aromatic rings. The standard InChI is InChI=1S/C13H20N4O3/c1-17(2)13(19)16-8-7-15-10-6-4-5-9(11(10)14)12(18)20-3/h4-6,15H,7-8,14H2,1-3H3,(H,16,19). The van der Waals surface area contributed by atoms with Gasteiger partial charge in [-0.1, -0.05) is 6.07 Å². The molecular weight excluding hydrogens is 260 g/mol. The van der Waals surface area contributed by atoms with E-state index in [0.29, 0.717) is 30.0 Å². The Morgan fingerprint density at radius 2 is 2.00 bits per heavy atom. The molecule has 20 heavy (non-hydrogen) atoms. The highest BCUT2D eigenvalue weighted by molar-refractivity contribution is 5.98. The van der Waals surface area contributed by atoms with Gasteiger partial charge in [-0.25, -0.2) is 9.59 Å². The first kappa shape index (κ1) is 15.6. The average molecular weight is 280 g/mol. The Morgan fingerprint density at radius 3 is 2.60 bits per heavy atom. The first-order valence-corrected chi connectivity index (χ1v) is 6.13. The van der Waals surface area contributed by atoms with Crippen LogP contribution in [0.4, 0.5) is 16.2 Å².